The number of nitrogens with one attached hydrogen (secondary N) is 2. The van der Waals surface area contributed by atoms with Crippen LogP contribution in [0.1, 0.15) is 33.6 Å². The molecule has 9 nitrogen and oxygen atoms in total. The van der Waals surface area contributed by atoms with E-state index in [4.69, 9.17) is 4.42 Å². The number of carbonyl (C=O) groups excluding carboxylic acids is 1. The SMILES string of the molecule is Cc1ccc(-c2c(C)c3c(c(C)c2CC(=O)O)N(S(C)(=O)=O)Cc2cc(NC(=O)Nc4cc(-c5ccccc5)oc4C)ccc2-3)cc1. The molecule has 0 radical (unpaired) electrons. The highest BCUT2D eigenvalue weighted by Crippen LogP contribution is 2.50. The van der Waals surface area contributed by atoms with Gasteiger partial charge in [0.1, 0.15) is 11.5 Å². The van der Waals surface area contributed by atoms with Gasteiger partial charge >= 0.3 is 12.0 Å². The Morgan fingerprint density at radius 3 is 2.21 bits per heavy atom. The number of carbonyl (C=O) groups is 2. The predicted octanol–water partition coefficient (Wildman–Crippen LogP) is 8.06. The summed E-state index contributed by atoms with van der Waals surface area (Å²) in [6.07, 6.45) is 0.891. The molecule has 0 bridgehead atoms. The fraction of sp³-hybridized carbons (Fsp3) is 0.189. The maximum Gasteiger partial charge on any atom is 0.323 e. The van der Waals surface area contributed by atoms with E-state index < -0.39 is 22.0 Å². The van der Waals surface area contributed by atoms with E-state index in [1.54, 1.807) is 32.0 Å². The first kappa shape index (κ1) is 31.6. The maximum absolute atomic E-state index is 13.3. The first-order chi connectivity index (χ1) is 22.3. The Hall–Kier alpha value is -5.35. The molecule has 0 aliphatic carbocycles. The van der Waals surface area contributed by atoms with Crippen LogP contribution in [0.2, 0.25) is 0 Å². The summed E-state index contributed by atoms with van der Waals surface area (Å²) in [7, 11) is -3.78. The lowest BCUT2D eigenvalue weighted by molar-refractivity contribution is -0.136. The van der Waals surface area contributed by atoms with Crippen molar-refractivity contribution in [2.45, 2.75) is 40.7 Å². The molecule has 6 rings (SSSR count). The average molecular weight is 650 g/mol. The number of aryl methyl sites for hydroxylation is 2. The van der Waals surface area contributed by atoms with Crippen LogP contribution in [-0.2, 0) is 27.8 Å². The number of carboxylic acids is 1. The standard InChI is InChI=1S/C37H35N3O6S/c1-21-11-13-26(14-12-21)34-23(3)35-29-16-15-28(38-37(43)39-31-19-32(46-24(31)4)25-9-7-6-8-10-25)17-27(29)20-40(47(5,44)45)36(35)22(2)30(34)18-33(41)42/h6-17,19H,18,20H2,1-5H3,(H,41,42)(H2,38,39,43). The Morgan fingerprint density at radius 1 is 0.851 bits per heavy atom. The smallest absolute Gasteiger partial charge is 0.323 e. The monoisotopic (exact) mass is 649 g/mol. The molecule has 2 heterocycles. The highest BCUT2D eigenvalue weighted by molar-refractivity contribution is 7.92. The lowest BCUT2D eigenvalue weighted by Gasteiger charge is -2.36. The van der Waals surface area contributed by atoms with Crippen LogP contribution in [0, 0.1) is 27.7 Å². The minimum atomic E-state index is -3.78. The normalized spacial score (nSPS) is 12.3. The number of hydrogen-bond acceptors (Lipinski definition) is 5. The first-order valence-corrected chi connectivity index (χ1v) is 17.0. The van der Waals surface area contributed by atoms with Gasteiger partial charge in [-0.1, -0.05) is 66.2 Å². The third-order valence-electron chi connectivity index (χ3n) is 8.59. The number of furan rings is 1. The number of carboxylic acid groups (broad SMARTS) is 1. The van der Waals surface area contributed by atoms with Crippen LogP contribution in [-0.4, -0.2) is 31.8 Å². The van der Waals surface area contributed by atoms with Crippen molar-refractivity contribution in [1.82, 2.24) is 0 Å². The number of amides is 2. The zero-order chi connectivity index (χ0) is 33.6. The molecule has 0 saturated carbocycles. The molecule has 0 saturated heterocycles. The van der Waals surface area contributed by atoms with Crippen molar-refractivity contribution in [1.29, 1.82) is 0 Å². The Labute approximate surface area is 273 Å². The number of fused-ring (bicyclic) bond motifs is 3. The molecule has 5 aromatic rings. The van der Waals surface area contributed by atoms with Crippen molar-refractivity contribution in [3.63, 3.8) is 0 Å². The van der Waals surface area contributed by atoms with Crippen LogP contribution in [0.15, 0.2) is 83.3 Å². The summed E-state index contributed by atoms with van der Waals surface area (Å²) in [4.78, 5) is 25.2. The molecule has 1 aromatic heterocycles. The minimum absolute atomic E-state index is 0.0241. The number of hydrogen-bond donors (Lipinski definition) is 3. The van der Waals surface area contributed by atoms with Gasteiger partial charge in [-0.2, -0.15) is 0 Å². The van der Waals surface area contributed by atoms with Gasteiger partial charge in [-0.05, 0) is 78.8 Å². The molecule has 4 aromatic carbocycles. The number of aliphatic carboxylic acids is 1. The summed E-state index contributed by atoms with van der Waals surface area (Å²) in [6.45, 7) is 7.48. The Kier molecular flexibility index (Phi) is 8.15. The summed E-state index contributed by atoms with van der Waals surface area (Å²) >= 11 is 0. The summed E-state index contributed by atoms with van der Waals surface area (Å²) in [5.74, 6) is 0.190. The molecule has 3 N–H and O–H groups in total. The number of sulfonamides is 1. The summed E-state index contributed by atoms with van der Waals surface area (Å²) in [5, 5.41) is 15.6. The highest BCUT2D eigenvalue weighted by atomic mass is 32.2. The van der Waals surface area contributed by atoms with E-state index in [-0.39, 0.29) is 13.0 Å². The number of anilines is 3. The van der Waals surface area contributed by atoms with Crippen LogP contribution in [0.25, 0.3) is 33.6 Å². The number of benzene rings is 4. The molecule has 0 fully saturated rings. The van der Waals surface area contributed by atoms with Crippen molar-refractivity contribution in [2.75, 3.05) is 21.2 Å². The molecule has 1 aliphatic heterocycles. The molecule has 0 atom stereocenters. The molecule has 10 heteroatoms. The Morgan fingerprint density at radius 2 is 1.55 bits per heavy atom. The second kappa shape index (κ2) is 12.1. The number of nitrogens with zero attached hydrogens (tertiary/aromatic N) is 1. The van der Waals surface area contributed by atoms with Gasteiger partial charge in [0, 0.05) is 22.9 Å². The molecule has 0 unspecified atom stereocenters. The number of rotatable bonds is 7. The van der Waals surface area contributed by atoms with Gasteiger partial charge in [0.25, 0.3) is 0 Å². The van der Waals surface area contributed by atoms with Gasteiger partial charge in [-0.15, -0.1) is 0 Å². The van der Waals surface area contributed by atoms with Crippen LogP contribution in [0.4, 0.5) is 21.9 Å². The fourth-order valence-electron chi connectivity index (χ4n) is 6.37. The Bertz CT molecular complexity index is 2150. The second-order valence-electron chi connectivity index (χ2n) is 11.9. The lowest BCUT2D eigenvalue weighted by Crippen LogP contribution is -2.34. The van der Waals surface area contributed by atoms with E-state index in [1.807, 2.05) is 74.5 Å². The summed E-state index contributed by atoms with van der Waals surface area (Å²) < 4.78 is 33.7. The van der Waals surface area contributed by atoms with Crippen LogP contribution in [0.5, 0.6) is 0 Å². The molecule has 0 spiro atoms. The minimum Gasteiger partial charge on any atom is -0.481 e. The van der Waals surface area contributed by atoms with Gasteiger partial charge < -0.3 is 20.2 Å². The molecule has 1 aliphatic rings. The third-order valence-corrected chi connectivity index (χ3v) is 9.70. The summed E-state index contributed by atoms with van der Waals surface area (Å²) in [6, 6.07) is 24.2. The largest absolute Gasteiger partial charge is 0.481 e. The van der Waals surface area contributed by atoms with Gasteiger partial charge in [0.15, 0.2) is 0 Å². The maximum atomic E-state index is 13.3. The van der Waals surface area contributed by atoms with E-state index >= 15 is 0 Å². The molecular weight excluding hydrogens is 614 g/mol. The van der Waals surface area contributed by atoms with E-state index in [0.29, 0.717) is 45.3 Å². The molecule has 240 valence electrons. The van der Waals surface area contributed by atoms with Crippen molar-refractivity contribution < 1.29 is 27.5 Å². The predicted molar refractivity (Wildman–Crippen MR) is 185 cm³/mol. The zero-order valence-corrected chi connectivity index (χ0v) is 27.6. The van der Waals surface area contributed by atoms with E-state index in [2.05, 4.69) is 10.6 Å². The summed E-state index contributed by atoms with van der Waals surface area (Å²) in [5.41, 5.74) is 9.29. The van der Waals surface area contributed by atoms with Gasteiger partial charge in [-0.25, -0.2) is 13.2 Å². The Balaban J connectivity index is 1.40. The van der Waals surface area contributed by atoms with Crippen molar-refractivity contribution in [3.05, 3.63) is 112 Å². The molecule has 2 amide bonds. The quantitative estimate of drug-likeness (QED) is 0.164. The van der Waals surface area contributed by atoms with Gasteiger partial charge in [0.05, 0.1) is 30.6 Å². The van der Waals surface area contributed by atoms with Crippen LogP contribution < -0.4 is 14.9 Å². The number of urea groups is 1. The van der Waals surface area contributed by atoms with Crippen LogP contribution >= 0.6 is 0 Å². The highest BCUT2D eigenvalue weighted by Gasteiger charge is 2.34. The lowest BCUT2D eigenvalue weighted by atomic mass is 9.81. The third kappa shape index (κ3) is 6.12. The van der Waals surface area contributed by atoms with E-state index in [1.165, 1.54) is 4.31 Å². The van der Waals surface area contributed by atoms with Crippen molar-refractivity contribution in [3.8, 4) is 33.6 Å². The van der Waals surface area contributed by atoms with Gasteiger partial charge in [-0.3, -0.25) is 9.10 Å². The second-order valence-corrected chi connectivity index (χ2v) is 13.8. The molecular formula is C37H35N3O6S. The average Bonchev–Trinajstić information content (AvgIpc) is 3.38. The molecule has 47 heavy (non-hydrogen) atoms. The van der Waals surface area contributed by atoms with Crippen LogP contribution in [0.3, 0.4) is 0 Å². The fourth-order valence-corrected chi connectivity index (χ4v) is 7.30. The first-order valence-electron chi connectivity index (χ1n) is 15.1. The van der Waals surface area contributed by atoms with Gasteiger partial charge in [0.2, 0.25) is 10.0 Å². The van der Waals surface area contributed by atoms with E-state index in [9.17, 15) is 23.1 Å². The topological polar surface area (TPSA) is 129 Å². The van der Waals surface area contributed by atoms with Crippen molar-refractivity contribution in [2.24, 2.45) is 0 Å². The zero-order valence-electron chi connectivity index (χ0n) is 26.8. The van der Waals surface area contributed by atoms with Crippen molar-refractivity contribution >= 4 is 39.1 Å². The van der Waals surface area contributed by atoms with E-state index in [0.717, 1.165) is 45.2 Å².